The van der Waals surface area contributed by atoms with E-state index in [-0.39, 0.29) is 0 Å². The van der Waals surface area contributed by atoms with Gasteiger partial charge >= 0.3 is 0 Å². The topological polar surface area (TPSA) is 15.3 Å². The molecule has 0 radical (unpaired) electrons. The SMILES string of the molecule is CC(C)CNCc1ccc(N2CCCSCC2)cc1Cl. The van der Waals surface area contributed by atoms with Crippen molar-refractivity contribution >= 4 is 29.1 Å². The molecular formula is C16H25ClN2S. The molecule has 0 unspecified atom stereocenters. The number of halogens is 1. The lowest BCUT2D eigenvalue weighted by Gasteiger charge is -2.23. The van der Waals surface area contributed by atoms with Gasteiger partial charge < -0.3 is 10.2 Å². The lowest BCUT2D eigenvalue weighted by molar-refractivity contribution is 0.552. The maximum atomic E-state index is 6.43. The molecule has 0 aromatic heterocycles. The summed E-state index contributed by atoms with van der Waals surface area (Å²) in [5.41, 5.74) is 2.46. The number of nitrogens with zero attached hydrogens (tertiary/aromatic N) is 1. The van der Waals surface area contributed by atoms with Crippen LogP contribution in [-0.2, 0) is 6.54 Å². The van der Waals surface area contributed by atoms with Crippen molar-refractivity contribution < 1.29 is 0 Å². The van der Waals surface area contributed by atoms with Crippen LogP contribution in [-0.4, -0.2) is 31.1 Å². The second-order valence-electron chi connectivity index (χ2n) is 5.75. The average Bonchev–Trinajstić information content (AvgIpc) is 2.69. The lowest BCUT2D eigenvalue weighted by atomic mass is 10.1. The normalized spacial score (nSPS) is 16.5. The van der Waals surface area contributed by atoms with Crippen molar-refractivity contribution in [2.45, 2.75) is 26.8 Å². The lowest BCUT2D eigenvalue weighted by Crippen LogP contribution is -2.25. The van der Waals surface area contributed by atoms with E-state index in [4.69, 9.17) is 11.6 Å². The fraction of sp³-hybridized carbons (Fsp3) is 0.625. The molecule has 112 valence electrons. The summed E-state index contributed by atoms with van der Waals surface area (Å²) >= 11 is 8.48. The summed E-state index contributed by atoms with van der Waals surface area (Å²) in [6, 6.07) is 6.52. The van der Waals surface area contributed by atoms with Gasteiger partial charge in [-0.3, -0.25) is 0 Å². The van der Waals surface area contributed by atoms with Crippen LogP contribution in [0.5, 0.6) is 0 Å². The highest BCUT2D eigenvalue weighted by Gasteiger charge is 2.11. The highest BCUT2D eigenvalue weighted by atomic mass is 35.5. The van der Waals surface area contributed by atoms with Gasteiger partial charge in [-0.15, -0.1) is 0 Å². The Bertz CT molecular complexity index is 415. The van der Waals surface area contributed by atoms with Gasteiger partial charge in [0.05, 0.1) is 0 Å². The monoisotopic (exact) mass is 312 g/mol. The predicted molar refractivity (Wildman–Crippen MR) is 92.2 cm³/mol. The van der Waals surface area contributed by atoms with E-state index in [0.29, 0.717) is 5.92 Å². The van der Waals surface area contributed by atoms with Gasteiger partial charge in [-0.2, -0.15) is 11.8 Å². The number of benzene rings is 1. The molecule has 20 heavy (non-hydrogen) atoms. The molecular weight excluding hydrogens is 288 g/mol. The van der Waals surface area contributed by atoms with Gasteiger partial charge in [0.2, 0.25) is 0 Å². The molecule has 1 heterocycles. The molecule has 0 amide bonds. The van der Waals surface area contributed by atoms with Crippen LogP contribution in [0, 0.1) is 5.92 Å². The summed E-state index contributed by atoms with van der Waals surface area (Å²) < 4.78 is 0. The van der Waals surface area contributed by atoms with E-state index >= 15 is 0 Å². The van der Waals surface area contributed by atoms with Crippen molar-refractivity contribution in [2.75, 3.05) is 36.0 Å². The highest BCUT2D eigenvalue weighted by molar-refractivity contribution is 7.99. The number of rotatable bonds is 5. The first-order valence-corrected chi connectivity index (χ1v) is 9.02. The Labute approximate surface area is 132 Å². The number of nitrogens with one attached hydrogen (secondary N) is 1. The Morgan fingerprint density at radius 3 is 2.90 bits per heavy atom. The van der Waals surface area contributed by atoms with Crippen LogP contribution in [0.1, 0.15) is 25.8 Å². The summed E-state index contributed by atoms with van der Waals surface area (Å²) in [6.45, 7) is 8.60. The van der Waals surface area contributed by atoms with Crippen LogP contribution < -0.4 is 10.2 Å². The molecule has 2 rings (SSSR count). The van der Waals surface area contributed by atoms with Gasteiger partial charge in [0.15, 0.2) is 0 Å². The van der Waals surface area contributed by atoms with Crippen molar-refractivity contribution in [1.29, 1.82) is 0 Å². The smallest absolute Gasteiger partial charge is 0.0471 e. The molecule has 1 aliphatic rings. The number of hydrogen-bond acceptors (Lipinski definition) is 3. The van der Waals surface area contributed by atoms with Crippen molar-refractivity contribution in [1.82, 2.24) is 5.32 Å². The first-order chi connectivity index (χ1) is 9.66. The van der Waals surface area contributed by atoms with Crippen LogP contribution in [0.15, 0.2) is 18.2 Å². The first kappa shape index (κ1) is 16.0. The van der Waals surface area contributed by atoms with Crippen LogP contribution in [0.2, 0.25) is 5.02 Å². The third-order valence-corrected chi connectivity index (χ3v) is 4.89. The molecule has 1 fully saturated rings. The molecule has 0 aliphatic carbocycles. The minimum atomic E-state index is 0.669. The summed E-state index contributed by atoms with van der Waals surface area (Å²) in [5, 5.41) is 4.33. The van der Waals surface area contributed by atoms with Gasteiger partial charge in [-0.25, -0.2) is 0 Å². The third kappa shape index (κ3) is 4.87. The molecule has 1 aliphatic heterocycles. The molecule has 0 spiro atoms. The Morgan fingerprint density at radius 1 is 1.30 bits per heavy atom. The van der Waals surface area contributed by atoms with Gasteiger partial charge in [-0.05, 0) is 42.3 Å². The van der Waals surface area contributed by atoms with E-state index in [1.54, 1.807) is 0 Å². The number of thioether (sulfide) groups is 1. The molecule has 0 atom stereocenters. The van der Waals surface area contributed by atoms with Crippen LogP contribution in [0.25, 0.3) is 0 Å². The number of anilines is 1. The van der Waals surface area contributed by atoms with Gasteiger partial charge in [0, 0.05) is 36.1 Å². The molecule has 1 N–H and O–H groups in total. The second kappa shape index (κ2) is 8.16. The maximum Gasteiger partial charge on any atom is 0.0471 e. The zero-order valence-electron chi connectivity index (χ0n) is 12.5. The van der Waals surface area contributed by atoms with Crippen LogP contribution in [0.3, 0.4) is 0 Å². The molecule has 0 saturated carbocycles. The zero-order valence-corrected chi connectivity index (χ0v) is 14.1. The maximum absolute atomic E-state index is 6.43. The van der Waals surface area contributed by atoms with Crippen molar-refractivity contribution in [2.24, 2.45) is 5.92 Å². The summed E-state index contributed by atoms with van der Waals surface area (Å²) in [4.78, 5) is 2.46. The predicted octanol–water partition coefficient (Wildman–Crippen LogP) is 4.03. The van der Waals surface area contributed by atoms with Gasteiger partial charge in [0.25, 0.3) is 0 Å². The Kier molecular flexibility index (Phi) is 6.53. The van der Waals surface area contributed by atoms with E-state index in [1.165, 1.54) is 29.2 Å². The summed E-state index contributed by atoms with van der Waals surface area (Å²) in [5.74, 6) is 3.17. The fourth-order valence-corrected chi connectivity index (χ4v) is 3.50. The molecule has 0 bridgehead atoms. The van der Waals surface area contributed by atoms with Crippen molar-refractivity contribution in [3.8, 4) is 0 Å². The Balaban J connectivity index is 1.97. The Hall–Kier alpha value is -0.380. The minimum absolute atomic E-state index is 0.669. The fourth-order valence-electron chi connectivity index (χ4n) is 2.38. The first-order valence-electron chi connectivity index (χ1n) is 7.48. The largest absolute Gasteiger partial charge is 0.371 e. The van der Waals surface area contributed by atoms with E-state index < -0.39 is 0 Å². The van der Waals surface area contributed by atoms with Crippen LogP contribution in [0.4, 0.5) is 5.69 Å². The van der Waals surface area contributed by atoms with Gasteiger partial charge in [0.1, 0.15) is 0 Å². The Morgan fingerprint density at radius 2 is 2.15 bits per heavy atom. The van der Waals surface area contributed by atoms with E-state index in [1.807, 2.05) is 0 Å². The van der Waals surface area contributed by atoms with E-state index in [2.05, 4.69) is 54.0 Å². The average molecular weight is 313 g/mol. The molecule has 1 aromatic rings. The third-order valence-electron chi connectivity index (χ3n) is 3.49. The van der Waals surface area contributed by atoms with Crippen molar-refractivity contribution in [3.63, 3.8) is 0 Å². The second-order valence-corrected chi connectivity index (χ2v) is 7.39. The van der Waals surface area contributed by atoms with Crippen LogP contribution >= 0.6 is 23.4 Å². The van der Waals surface area contributed by atoms with Crippen molar-refractivity contribution in [3.05, 3.63) is 28.8 Å². The zero-order chi connectivity index (χ0) is 14.4. The van der Waals surface area contributed by atoms with Gasteiger partial charge in [-0.1, -0.05) is 31.5 Å². The molecule has 2 nitrogen and oxygen atoms in total. The van der Waals surface area contributed by atoms with E-state index in [0.717, 1.165) is 31.2 Å². The molecule has 1 saturated heterocycles. The highest BCUT2D eigenvalue weighted by Crippen LogP contribution is 2.25. The standard InChI is InChI=1S/C16H25ClN2S/c1-13(2)11-18-12-14-4-5-15(10-16(14)17)19-6-3-8-20-9-7-19/h4-5,10,13,18H,3,6-9,11-12H2,1-2H3. The quantitative estimate of drug-likeness (QED) is 0.883. The molecule has 1 aromatic carbocycles. The molecule has 4 heteroatoms. The number of hydrogen-bond donors (Lipinski definition) is 1. The van der Waals surface area contributed by atoms with E-state index in [9.17, 15) is 0 Å². The summed E-state index contributed by atoms with van der Waals surface area (Å²) in [7, 11) is 0. The summed E-state index contributed by atoms with van der Waals surface area (Å²) in [6.07, 6.45) is 1.26. The minimum Gasteiger partial charge on any atom is -0.371 e.